The zero-order valence-electron chi connectivity index (χ0n) is 14.6. The molecule has 0 amide bonds. The maximum Gasteiger partial charge on any atom is 0.323 e. The molecule has 9 heteroatoms. The van der Waals surface area contributed by atoms with Crippen LogP contribution >= 0.6 is 0 Å². The summed E-state index contributed by atoms with van der Waals surface area (Å²) < 4.78 is 47.1. The summed E-state index contributed by atoms with van der Waals surface area (Å²) in [6.07, 6.45) is 3.08. The summed E-state index contributed by atoms with van der Waals surface area (Å²) in [5.74, 6) is 2.04. The SMILES string of the molecule is COc1cc(C2NS(=O)(=O)N=C3CCCCCN32)cc(OC)c1OC. The molecule has 1 saturated heterocycles. The van der Waals surface area contributed by atoms with Crippen molar-refractivity contribution in [3.05, 3.63) is 17.7 Å². The lowest BCUT2D eigenvalue weighted by molar-refractivity contribution is 0.286. The number of amidine groups is 1. The van der Waals surface area contributed by atoms with E-state index >= 15 is 0 Å². The van der Waals surface area contributed by atoms with Gasteiger partial charge in [0.1, 0.15) is 12.0 Å². The smallest absolute Gasteiger partial charge is 0.323 e. The number of nitrogens with one attached hydrogen (secondary N) is 1. The van der Waals surface area contributed by atoms with Crippen LogP contribution in [-0.4, -0.2) is 47.0 Å². The van der Waals surface area contributed by atoms with Crippen LogP contribution in [0.5, 0.6) is 17.2 Å². The first-order chi connectivity index (χ1) is 12.0. The van der Waals surface area contributed by atoms with Crippen LogP contribution in [-0.2, 0) is 10.2 Å². The third kappa shape index (κ3) is 3.52. The maximum atomic E-state index is 12.2. The number of rotatable bonds is 4. The van der Waals surface area contributed by atoms with E-state index in [0.717, 1.165) is 25.8 Å². The van der Waals surface area contributed by atoms with Crippen molar-refractivity contribution in [3.8, 4) is 17.2 Å². The molecule has 1 aromatic rings. The van der Waals surface area contributed by atoms with Crippen molar-refractivity contribution in [2.75, 3.05) is 27.9 Å². The molecule has 1 atom stereocenters. The molecule has 0 radical (unpaired) electrons. The topological polar surface area (TPSA) is 89.5 Å². The molecule has 1 unspecified atom stereocenters. The van der Waals surface area contributed by atoms with Gasteiger partial charge in [0, 0.05) is 13.0 Å². The molecular weight excluding hydrogens is 346 g/mol. The highest BCUT2D eigenvalue weighted by Gasteiger charge is 2.35. The van der Waals surface area contributed by atoms with E-state index in [9.17, 15) is 8.42 Å². The first-order valence-corrected chi connectivity index (χ1v) is 9.60. The second-order valence-corrected chi connectivity index (χ2v) is 7.33. The summed E-state index contributed by atoms with van der Waals surface area (Å²) in [4.78, 5) is 2.01. The lowest BCUT2D eigenvalue weighted by Gasteiger charge is -2.36. The Hall–Kier alpha value is -2.00. The minimum Gasteiger partial charge on any atom is -0.493 e. The van der Waals surface area contributed by atoms with Crippen LogP contribution in [0.1, 0.15) is 37.4 Å². The van der Waals surface area contributed by atoms with E-state index in [2.05, 4.69) is 9.12 Å². The van der Waals surface area contributed by atoms with Crippen LogP contribution in [0, 0.1) is 0 Å². The van der Waals surface area contributed by atoms with Crippen molar-refractivity contribution in [2.24, 2.45) is 4.40 Å². The molecule has 0 spiro atoms. The van der Waals surface area contributed by atoms with Crippen LogP contribution in [0.2, 0.25) is 0 Å². The van der Waals surface area contributed by atoms with Gasteiger partial charge in [0.25, 0.3) is 0 Å². The Morgan fingerprint density at radius 1 is 1.08 bits per heavy atom. The molecule has 2 heterocycles. The Morgan fingerprint density at radius 2 is 1.76 bits per heavy atom. The zero-order chi connectivity index (χ0) is 18.0. The molecule has 3 rings (SSSR count). The molecule has 0 bridgehead atoms. The Morgan fingerprint density at radius 3 is 2.36 bits per heavy atom. The summed E-state index contributed by atoms with van der Waals surface area (Å²) in [6.45, 7) is 0.739. The van der Waals surface area contributed by atoms with Gasteiger partial charge in [-0.05, 0) is 30.5 Å². The number of hydrogen-bond acceptors (Lipinski definition) is 6. The summed E-state index contributed by atoms with van der Waals surface area (Å²) in [5.41, 5.74) is 0.715. The van der Waals surface area contributed by atoms with Crippen LogP contribution in [0.4, 0.5) is 0 Å². The molecule has 2 aliphatic heterocycles. The molecule has 2 aliphatic rings. The average molecular weight is 369 g/mol. The number of ether oxygens (including phenoxy) is 3. The molecule has 1 fully saturated rings. The van der Waals surface area contributed by atoms with Crippen LogP contribution in [0.25, 0.3) is 0 Å². The zero-order valence-corrected chi connectivity index (χ0v) is 15.4. The van der Waals surface area contributed by atoms with E-state index in [1.54, 1.807) is 12.1 Å². The maximum absolute atomic E-state index is 12.2. The third-order valence-electron chi connectivity index (χ3n) is 4.43. The summed E-state index contributed by atoms with van der Waals surface area (Å²) in [6, 6.07) is 3.53. The minimum atomic E-state index is -3.74. The van der Waals surface area contributed by atoms with Gasteiger partial charge < -0.3 is 19.1 Å². The average Bonchev–Trinajstić information content (AvgIpc) is 2.83. The van der Waals surface area contributed by atoms with Gasteiger partial charge in [0.15, 0.2) is 11.5 Å². The van der Waals surface area contributed by atoms with Gasteiger partial charge in [-0.3, -0.25) is 0 Å². The Balaban J connectivity index is 2.09. The largest absolute Gasteiger partial charge is 0.493 e. The molecule has 8 nitrogen and oxygen atoms in total. The van der Waals surface area contributed by atoms with E-state index < -0.39 is 16.4 Å². The van der Waals surface area contributed by atoms with Gasteiger partial charge in [-0.2, -0.15) is 13.1 Å². The standard InChI is InChI=1S/C16H23N3O5S/c1-22-12-9-11(10-13(23-2)15(12)24-3)16-18-25(20,21)17-14-7-5-4-6-8-19(14)16/h9-10,16,18H,4-8H2,1-3H3. The van der Waals surface area contributed by atoms with E-state index in [-0.39, 0.29) is 0 Å². The van der Waals surface area contributed by atoms with Gasteiger partial charge in [-0.1, -0.05) is 6.42 Å². The fourth-order valence-electron chi connectivity index (χ4n) is 3.27. The van der Waals surface area contributed by atoms with E-state index in [1.165, 1.54) is 21.3 Å². The molecule has 0 aromatic heterocycles. The monoisotopic (exact) mass is 369 g/mol. The normalized spacial score (nSPS) is 22.4. The lowest BCUT2D eigenvalue weighted by atomic mass is 10.1. The molecule has 0 aliphatic carbocycles. The first kappa shape index (κ1) is 17.8. The van der Waals surface area contributed by atoms with Gasteiger partial charge >= 0.3 is 10.2 Å². The number of methoxy groups -OCH3 is 3. The van der Waals surface area contributed by atoms with Gasteiger partial charge in [0.2, 0.25) is 5.75 Å². The van der Waals surface area contributed by atoms with Gasteiger partial charge in [-0.15, -0.1) is 4.40 Å². The minimum absolute atomic E-state index is 0.470. The van der Waals surface area contributed by atoms with Crippen molar-refractivity contribution in [3.63, 3.8) is 0 Å². The van der Waals surface area contributed by atoms with Crippen molar-refractivity contribution >= 4 is 16.0 Å². The molecule has 25 heavy (non-hydrogen) atoms. The highest BCUT2D eigenvalue weighted by atomic mass is 32.2. The number of fused-ring (bicyclic) bond motifs is 1. The van der Waals surface area contributed by atoms with Crippen LogP contribution in [0.3, 0.4) is 0 Å². The number of hydrogen-bond donors (Lipinski definition) is 1. The second-order valence-electron chi connectivity index (χ2n) is 5.97. The van der Waals surface area contributed by atoms with E-state index in [1.807, 2.05) is 4.90 Å². The Bertz CT molecular complexity index is 753. The third-order valence-corrected chi connectivity index (χ3v) is 5.40. The quantitative estimate of drug-likeness (QED) is 0.871. The molecule has 1 N–H and O–H groups in total. The van der Waals surface area contributed by atoms with Gasteiger partial charge in [-0.25, -0.2) is 0 Å². The summed E-state index contributed by atoms with van der Waals surface area (Å²) in [5, 5.41) is 0. The molecular formula is C16H23N3O5S. The Kier molecular flexibility index (Phi) is 5.05. The summed E-state index contributed by atoms with van der Waals surface area (Å²) in [7, 11) is 0.858. The van der Waals surface area contributed by atoms with E-state index in [4.69, 9.17) is 14.2 Å². The van der Waals surface area contributed by atoms with Crippen molar-refractivity contribution < 1.29 is 22.6 Å². The highest BCUT2D eigenvalue weighted by Crippen LogP contribution is 2.41. The van der Waals surface area contributed by atoms with Crippen molar-refractivity contribution in [1.82, 2.24) is 9.62 Å². The highest BCUT2D eigenvalue weighted by molar-refractivity contribution is 7.88. The van der Waals surface area contributed by atoms with Crippen molar-refractivity contribution in [1.29, 1.82) is 0 Å². The first-order valence-electron chi connectivity index (χ1n) is 8.16. The molecule has 1 aromatic carbocycles. The predicted octanol–water partition coefficient (Wildman–Crippen LogP) is 1.83. The number of nitrogens with zero attached hydrogens (tertiary/aromatic N) is 2. The predicted molar refractivity (Wildman–Crippen MR) is 93.5 cm³/mol. The number of benzene rings is 1. The van der Waals surface area contributed by atoms with Crippen LogP contribution < -0.4 is 18.9 Å². The van der Waals surface area contributed by atoms with E-state index in [0.29, 0.717) is 35.1 Å². The lowest BCUT2D eigenvalue weighted by Crippen LogP contribution is -2.48. The Labute approximate surface area is 148 Å². The molecule has 138 valence electrons. The second kappa shape index (κ2) is 7.09. The van der Waals surface area contributed by atoms with Crippen molar-refractivity contribution in [2.45, 2.75) is 31.8 Å². The van der Waals surface area contributed by atoms with Crippen LogP contribution in [0.15, 0.2) is 16.5 Å². The fourth-order valence-corrected chi connectivity index (χ4v) is 4.34. The fraction of sp³-hybridized carbons (Fsp3) is 0.562. The summed E-state index contributed by atoms with van der Waals surface area (Å²) >= 11 is 0. The van der Waals surface area contributed by atoms with Gasteiger partial charge in [0.05, 0.1) is 21.3 Å². The molecule has 0 saturated carbocycles.